The van der Waals surface area contributed by atoms with Gasteiger partial charge in [-0.05, 0) is 80.9 Å². The molecule has 10 rings (SSSR count). The smallest absolute Gasteiger partial charge is 0.0894 e. The average Bonchev–Trinajstić information content (AvgIpc) is 3.77. The number of thiophene rings is 2. The molecule has 4 heterocycles. The summed E-state index contributed by atoms with van der Waals surface area (Å²) >= 11 is 3.64. The Morgan fingerprint density at radius 2 is 0.680 bits per heavy atom. The van der Waals surface area contributed by atoms with Crippen molar-refractivity contribution in [2.75, 3.05) is 0 Å². The van der Waals surface area contributed by atoms with Gasteiger partial charge in [0.1, 0.15) is 0 Å². The van der Waals surface area contributed by atoms with Crippen LogP contribution in [0, 0.1) is 0 Å². The molecule has 2 nitrogen and oxygen atoms in total. The molecule has 0 saturated heterocycles. The molecule has 234 valence electrons. The number of hydrogen-bond acceptors (Lipinski definition) is 4. The Morgan fingerprint density at radius 1 is 0.320 bits per heavy atom. The lowest BCUT2D eigenvalue weighted by Crippen LogP contribution is -1.84. The Morgan fingerprint density at radius 3 is 1.10 bits per heavy atom. The van der Waals surface area contributed by atoms with Crippen LogP contribution in [-0.2, 0) is 0 Å². The fraction of sp³-hybridized carbons (Fsp3) is 0. The van der Waals surface area contributed by atoms with Crippen molar-refractivity contribution in [2.24, 2.45) is 0 Å². The Kier molecular flexibility index (Phi) is 6.90. The molecule has 6 aromatic carbocycles. The third-order valence-electron chi connectivity index (χ3n) is 9.64. The van der Waals surface area contributed by atoms with Gasteiger partial charge >= 0.3 is 0 Å². The molecular weight excluding hydrogens is 645 g/mol. The topological polar surface area (TPSA) is 25.8 Å². The molecular formula is C46H28N2S2. The minimum atomic E-state index is 1.07. The van der Waals surface area contributed by atoms with Crippen LogP contribution in [0.4, 0.5) is 0 Å². The third-order valence-corrected chi connectivity index (χ3v) is 12.0. The lowest BCUT2D eigenvalue weighted by Gasteiger charge is -2.08. The van der Waals surface area contributed by atoms with Gasteiger partial charge in [0.05, 0.1) is 20.4 Å². The molecule has 0 aliphatic rings. The minimum Gasteiger partial charge on any atom is -0.255 e. The Balaban J connectivity index is 0.958. The largest absolute Gasteiger partial charge is 0.255 e. The second kappa shape index (κ2) is 11.9. The molecule has 0 amide bonds. The monoisotopic (exact) mass is 672 g/mol. The van der Waals surface area contributed by atoms with E-state index < -0.39 is 0 Å². The number of nitrogens with zero attached hydrogens (tertiary/aromatic N) is 2. The molecule has 0 unspecified atom stereocenters. The molecule has 0 N–H and O–H groups in total. The first-order chi connectivity index (χ1) is 24.8. The van der Waals surface area contributed by atoms with Crippen LogP contribution in [0.15, 0.2) is 170 Å². The molecule has 0 aliphatic carbocycles. The molecule has 0 spiro atoms. The van der Waals surface area contributed by atoms with Gasteiger partial charge in [0.2, 0.25) is 0 Å². The maximum Gasteiger partial charge on any atom is 0.0894 e. The van der Waals surface area contributed by atoms with Gasteiger partial charge in [-0.3, -0.25) is 9.97 Å². The highest BCUT2D eigenvalue weighted by Crippen LogP contribution is 2.42. The highest BCUT2D eigenvalue weighted by molar-refractivity contribution is 7.26. The lowest BCUT2D eigenvalue weighted by atomic mass is 9.98. The van der Waals surface area contributed by atoms with Gasteiger partial charge in [0.25, 0.3) is 0 Å². The zero-order valence-electron chi connectivity index (χ0n) is 26.9. The van der Waals surface area contributed by atoms with Crippen molar-refractivity contribution in [1.29, 1.82) is 0 Å². The van der Waals surface area contributed by atoms with Gasteiger partial charge in [-0.2, -0.15) is 0 Å². The first-order valence-electron chi connectivity index (χ1n) is 16.7. The molecule has 0 radical (unpaired) electrons. The summed E-state index contributed by atoms with van der Waals surface area (Å²) < 4.78 is 4.97. The van der Waals surface area contributed by atoms with Crippen molar-refractivity contribution in [3.05, 3.63) is 170 Å². The van der Waals surface area contributed by atoms with Crippen molar-refractivity contribution in [3.63, 3.8) is 0 Å². The standard InChI is InChI=1S/C46H28N2S2/c1-3-7-29(8-4-1)35-19-21-41-39(27-35)43-45(49-41)37(23-25-47-43)33-15-11-31(12-16-33)32-13-17-34(18-14-32)38-24-26-48-44-40-28-36(30-9-5-2-6-10-30)20-22-42(40)50-46(38)44/h1-28H. The van der Waals surface area contributed by atoms with Gasteiger partial charge in [-0.25, -0.2) is 0 Å². The predicted molar refractivity (Wildman–Crippen MR) is 215 cm³/mol. The minimum absolute atomic E-state index is 1.07. The van der Waals surface area contributed by atoms with Crippen LogP contribution >= 0.6 is 22.7 Å². The number of fused-ring (bicyclic) bond motifs is 6. The number of pyridine rings is 2. The van der Waals surface area contributed by atoms with E-state index in [1.165, 1.54) is 85.2 Å². The number of hydrogen-bond donors (Lipinski definition) is 0. The van der Waals surface area contributed by atoms with Crippen LogP contribution in [0.5, 0.6) is 0 Å². The summed E-state index contributed by atoms with van der Waals surface area (Å²) in [4.78, 5) is 9.69. The van der Waals surface area contributed by atoms with Crippen molar-refractivity contribution in [3.8, 4) is 55.6 Å². The van der Waals surface area contributed by atoms with Crippen LogP contribution in [0.3, 0.4) is 0 Å². The van der Waals surface area contributed by atoms with E-state index in [9.17, 15) is 0 Å². The molecule has 50 heavy (non-hydrogen) atoms. The van der Waals surface area contributed by atoms with Gasteiger partial charge in [-0.15, -0.1) is 22.7 Å². The van der Waals surface area contributed by atoms with Crippen molar-refractivity contribution < 1.29 is 0 Å². The van der Waals surface area contributed by atoms with E-state index in [-0.39, 0.29) is 0 Å². The van der Waals surface area contributed by atoms with Crippen LogP contribution < -0.4 is 0 Å². The highest BCUT2D eigenvalue weighted by Gasteiger charge is 2.15. The van der Waals surface area contributed by atoms with Crippen molar-refractivity contribution in [1.82, 2.24) is 9.97 Å². The SMILES string of the molecule is c1ccc(-c2ccc3sc4c(-c5ccc(-c6ccc(-c7ccnc8c7sc7ccc(-c9ccccc9)cc78)cc6)cc5)ccnc4c3c2)cc1. The Labute approximate surface area is 297 Å². The summed E-state index contributed by atoms with van der Waals surface area (Å²) in [6, 6.07) is 56.8. The second-order valence-corrected chi connectivity index (χ2v) is 14.7. The van der Waals surface area contributed by atoms with Gasteiger partial charge in [0.15, 0.2) is 0 Å². The molecule has 0 aliphatic heterocycles. The van der Waals surface area contributed by atoms with E-state index in [0.29, 0.717) is 0 Å². The Bertz CT molecular complexity index is 2630. The van der Waals surface area contributed by atoms with E-state index in [2.05, 4.69) is 158 Å². The van der Waals surface area contributed by atoms with Crippen LogP contribution in [0.1, 0.15) is 0 Å². The Hall–Kier alpha value is -5.94. The summed E-state index contributed by atoms with van der Waals surface area (Å²) in [5.74, 6) is 0. The highest BCUT2D eigenvalue weighted by atomic mass is 32.1. The molecule has 4 aromatic heterocycles. The van der Waals surface area contributed by atoms with Gasteiger partial charge in [0, 0.05) is 43.7 Å². The number of aromatic nitrogens is 2. The number of benzene rings is 6. The summed E-state index contributed by atoms with van der Waals surface area (Å²) in [5, 5.41) is 2.42. The molecule has 10 aromatic rings. The summed E-state index contributed by atoms with van der Waals surface area (Å²) in [7, 11) is 0. The first kappa shape index (κ1) is 29.0. The fourth-order valence-corrected chi connectivity index (χ4v) is 9.43. The predicted octanol–water partition coefficient (Wildman–Crippen LogP) is 13.5. The maximum atomic E-state index is 4.84. The van der Waals surface area contributed by atoms with Crippen LogP contribution in [-0.4, -0.2) is 9.97 Å². The van der Waals surface area contributed by atoms with Gasteiger partial charge < -0.3 is 0 Å². The fourth-order valence-electron chi connectivity index (χ4n) is 7.07. The normalized spacial score (nSPS) is 11.6. The zero-order valence-corrected chi connectivity index (χ0v) is 28.5. The van der Waals surface area contributed by atoms with E-state index in [1.54, 1.807) is 0 Å². The van der Waals surface area contributed by atoms with Crippen LogP contribution in [0.2, 0.25) is 0 Å². The summed E-state index contributed by atoms with van der Waals surface area (Å²) in [6.45, 7) is 0. The molecule has 0 bridgehead atoms. The van der Waals surface area contributed by atoms with E-state index in [4.69, 9.17) is 9.97 Å². The summed E-state index contributed by atoms with van der Waals surface area (Å²) in [6.07, 6.45) is 3.89. The van der Waals surface area contributed by atoms with E-state index in [0.717, 1.165) is 11.0 Å². The molecule has 0 saturated carbocycles. The molecule has 0 atom stereocenters. The molecule has 4 heteroatoms. The quantitative estimate of drug-likeness (QED) is 0.182. The maximum absolute atomic E-state index is 4.84. The van der Waals surface area contributed by atoms with Gasteiger partial charge in [-0.1, -0.05) is 121 Å². The van der Waals surface area contributed by atoms with E-state index in [1.807, 2.05) is 35.1 Å². The third kappa shape index (κ3) is 4.92. The van der Waals surface area contributed by atoms with Crippen molar-refractivity contribution in [2.45, 2.75) is 0 Å². The second-order valence-electron chi connectivity index (χ2n) is 12.6. The van der Waals surface area contributed by atoms with E-state index >= 15 is 0 Å². The first-order valence-corrected chi connectivity index (χ1v) is 18.3. The zero-order chi connectivity index (χ0) is 33.0. The number of rotatable bonds is 5. The average molecular weight is 673 g/mol. The van der Waals surface area contributed by atoms with Crippen molar-refractivity contribution >= 4 is 63.3 Å². The lowest BCUT2D eigenvalue weighted by molar-refractivity contribution is 1.43. The summed E-state index contributed by atoms with van der Waals surface area (Å²) in [5.41, 5.74) is 14.3. The molecule has 0 fully saturated rings. The van der Waals surface area contributed by atoms with Crippen LogP contribution in [0.25, 0.3) is 96.2 Å².